The lowest BCUT2D eigenvalue weighted by Crippen LogP contribution is -2.25. The third-order valence-corrected chi connectivity index (χ3v) is 3.55. The van der Waals surface area contributed by atoms with E-state index in [1.807, 2.05) is 6.92 Å². The molecule has 0 aliphatic carbocycles. The highest BCUT2D eigenvalue weighted by atomic mass is 32.2. The van der Waals surface area contributed by atoms with Crippen molar-refractivity contribution in [3.05, 3.63) is 5.89 Å². The molecule has 1 amide bonds. The van der Waals surface area contributed by atoms with Crippen LogP contribution in [0.4, 0.5) is 6.01 Å². The lowest BCUT2D eigenvalue weighted by atomic mass is 10.3. The molecule has 6 nitrogen and oxygen atoms in total. The number of nitrogens with zero attached hydrogens (tertiary/aromatic N) is 3. The largest absolute Gasteiger partial charge is 0.408 e. The molecule has 0 radical (unpaired) electrons. The minimum absolute atomic E-state index is 0.0171. The minimum Gasteiger partial charge on any atom is -0.408 e. The van der Waals surface area contributed by atoms with Crippen molar-refractivity contribution >= 4 is 28.8 Å². The van der Waals surface area contributed by atoms with Crippen molar-refractivity contribution in [3.8, 4) is 0 Å². The number of rotatable bonds is 4. The van der Waals surface area contributed by atoms with Crippen LogP contribution in [0.1, 0.15) is 32.6 Å². The molecule has 0 bridgehead atoms. The summed E-state index contributed by atoms with van der Waals surface area (Å²) in [5, 5.41) is 7.76. The van der Waals surface area contributed by atoms with Crippen LogP contribution >= 0.6 is 11.8 Å². The smallest absolute Gasteiger partial charge is 0.325 e. The summed E-state index contributed by atoms with van der Waals surface area (Å²) in [5.74, 6) is 0.475. The van der Waals surface area contributed by atoms with Crippen molar-refractivity contribution in [3.63, 3.8) is 0 Å². The topological polar surface area (TPSA) is 76.3 Å². The number of aromatic nitrogens is 2. The van der Waals surface area contributed by atoms with E-state index in [9.17, 15) is 9.59 Å². The first-order chi connectivity index (χ1) is 8.60. The molecule has 1 aliphatic rings. The average Bonchev–Trinajstić information content (AvgIpc) is 2.85. The molecule has 1 saturated heterocycles. The summed E-state index contributed by atoms with van der Waals surface area (Å²) in [6, 6.07) is 0.245. The number of hydrogen-bond donors (Lipinski definition) is 0. The third-order valence-electron chi connectivity index (χ3n) is 2.57. The van der Waals surface area contributed by atoms with E-state index in [4.69, 9.17) is 4.42 Å². The number of carbonyl (C=O) groups excluding carboxylic acids is 2. The molecule has 2 rings (SSSR count). The van der Waals surface area contributed by atoms with Crippen LogP contribution in [0.5, 0.6) is 0 Å². The van der Waals surface area contributed by atoms with Crippen LogP contribution in [0.25, 0.3) is 0 Å². The number of hydrogen-bond acceptors (Lipinski definition) is 6. The fourth-order valence-corrected chi connectivity index (χ4v) is 2.76. The van der Waals surface area contributed by atoms with Crippen LogP contribution in [-0.4, -0.2) is 33.0 Å². The number of thioether (sulfide) groups is 1. The van der Waals surface area contributed by atoms with Gasteiger partial charge in [-0.05, 0) is 6.42 Å². The summed E-state index contributed by atoms with van der Waals surface area (Å²) in [4.78, 5) is 24.3. The van der Waals surface area contributed by atoms with Gasteiger partial charge in [0.25, 0.3) is 0 Å². The first-order valence-corrected chi connectivity index (χ1v) is 6.78. The monoisotopic (exact) mass is 269 g/mol. The van der Waals surface area contributed by atoms with E-state index in [1.165, 1.54) is 23.6 Å². The van der Waals surface area contributed by atoms with E-state index in [0.717, 1.165) is 6.42 Å². The zero-order chi connectivity index (χ0) is 13.1. The Morgan fingerprint density at radius 1 is 1.56 bits per heavy atom. The van der Waals surface area contributed by atoms with E-state index in [1.54, 1.807) is 0 Å². The van der Waals surface area contributed by atoms with Crippen LogP contribution in [0.3, 0.4) is 0 Å². The molecular formula is C11H15N3O3S. The molecule has 0 spiro atoms. The van der Waals surface area contributed by atoms with E-state index in [-0.39, 0.29) is 22.3 Å². The number of carbonyl (C=O) groups is 2. The molecule has 1 fully saturated rings. The van der Waals surface area contributed by atoms with Crippen molar-refractivity contribution in [1.29, 1.82) is 0 Å². The number of amides is 1. The van der Waals surface area contributed by atoms with E-state index in [2.05, 4.69) is 10.2 Å². The summed E-state index contributed by atoms with van der Waals surface area (Å²) >= 11 is 1.19. The highest BCUT2D eigenvalue weighted by molar-refractivity contribution is 8.14. The predicted molar refractivity (Wildman–Crippen MR) is 67.3 cm³/mol. The maximum absolute atomic E-state index is 11.8. The van der Waals surface area contributed by atoms with Crippen LogP contribution in [0.2, 0.25) is 0 Å². The van der Waals surface area contributed by atoms with Gasteiger partial charge in [0.05, 0.1) is 0 Å². The van der Waals surface area contributed by atoms with Gasteiger partial charge >= 0.3 is 6.01 Å². The summed E-state index contributed by atoms with van der Waals surface area (Å²) in [7, 11) is 0. The second-order valence-corrected chi connectivity index (χ2v) is 5.65. The van der Waals surface area contributed by atoms with Gasteiger partial charge in [-0.2, -0.15) is 0 Å². The molecule has 1 aliphatic heterocycles. The van der Waals surface area contributed by atoms with E-state index < -0.39 is 0 Å². The molecule has 98 valence electrons. The summed E-state index contributed by atoms with van der Waals surface area (Å²) in [6.07, 6.45) is 1.97. The first-order valence-electron chi connectivity index (χ1n) is 5.90. The minimum atomic E-state index is -0.0690. The van der Waals surface area contributed by atoms with Gasteiger partial charge in [0, 0.05) is 31.6 Å². The second-order valence-electron chi connectivity index (χ2n) is 4.17. The summed E-state index contributed by atoms with van der Waals surface area (Å²) < 4.78 is 5.42. The Labute approximate surface area is 109 Å². The number of anilines is 1. The van der Waals surface area contributed by atoms with Gasteiger partial charge in [-0.1, -0.05) is 23.8 Å². The Bertz CT molecular complexity index is 460. The Hall–Kier alpha value is -1.37. The highest BCUT2D eigenvalue weighted by Crippen LogP contribution is 2.27. The van der Waals surface area contributed by atoms with Gasteiger partial charge in [-0.3, -0.25) is 14.5 Å². The maximum Gasteiger partial charge on any atom is 0.325 e. The zero-order valence-electron chi connectivity index (χ0n) is 10.4. The Morgan fingerprint density at radius 2 is 2.33 bits per heavy atom. The molecule has 1 aromatic heterocycles. The second kappa shape index (κ2) is 5.51. The number of aryl methyl sites for hydroxylation is 1. The van der Waals surface area contributed by atoms with Crippen molar-refractivity contribution in [2.45, 2.75) is 38.4 Å². The predicted octanol–water partition coefficient (Wildman–Crippen LogP) is 1.41. The molecule has 0 N–H and O–H groups in total. The van der Waals surface area contributed by atoms with Crippen molar-refractivity contribution in [1.82, 2.24) is 10.2 Å². The van der Waals surface area contributed by atoms with Crippen molar-refractivity contribution < 1.29 is 14.0 Å². The first kappa shape index (κ1) is 13.1. The fourth-order valence-electron chi connectivity index (χ4n) is 1.84. The van der Waals surface area contributed by atoms with Crippen LogP contribution < -0.4 is 4.90 Å². The molecule has 1 aromatic rings. The van der Waals surface area contributed by atoms with Crippen LogP contribution in [-0.2, 0) is 16.0 Å². The van der Waals surface area contributed by atoms with Gasteiger partial charge in [-0.15, -0.1) is 5.10 Å². The summed E-state index contributed by atoms with van der Waals surface area (Å²) in [5.41, 5.74) is 0. The maximum atomic E-state index is 11.8. The molecule has 1 atom stereocenters. The van der Waals surface area contributed by atoms with Gasteiger partial charge in [0.2, 0.25) is 11.8 Å². The Balaban J connectivity index is 2.04. The molecule has 18 heavy (non-hydrogen) atoms. The molecule has 2 heterocycles. The van der Waals surface area contributed by atoms with Gasteiger partial charge in [0.1, 0.15) is 0 Å². The van der Waals surface area contributed by atoms with Gasteiger partial charge in [0.15, 0.2) is 5.12 Å². The van der Waals surface area contributed by atoms with Gasteiger partial charge in [-0.25, -0.2) is 0 Å². The average molecular weight is 269 g/mol. The Morgan fingerprint density at radius 3 is 3.00 bits per heavy atom. The molecule has 7 heteroatoms. The SMILES string of the molecule is CCCc1nnc(N2CC(SC(C)=O)CC2=O)o1. The van der Waals surface area contributed by atoms with E-state index >= 15 is 0 Å². The third kappa shape index (κ3) is 2.90. The Kier molecular flexibility index (Phi) is 4.00. The zero-order valence-corrected chi connectivity index (χ0v) is 11.2. The standard InChI is InChI=1S/C11H15N3O3S/c1-3-4-9-12-13-11(17-9)14-6-8(5-10(14)16)18-7(2)15/h8H,3-6H2,1-2H3. The van der Waals surface area contributed by atoms with Crippen molar-refractivity contribution in [2.24, 2.45) is 0 Å². The molecule has 1 unspecified atom stereocenters. The molecule has 0 saturated carbocycles. The van der Waals surface area contributed by atoms with Crippen LogP contribution in [0.15, 0.2) is 4.42 Å². The quantitative estimate of drug-likeness (QED) is 0.822. The lowest BCUT2D eigenvalue weighted by molar-refractivity contribution is -0.117. The van der Waals surface area contributed by atoms with Crippen LogP contribution in [0, 0.1) is 0 Å². The van der Waals surface area contributed by atoms with E-state index in [0.29, 0.717) is 25.3 Å². The lowest BCUT2D eigenvalue weighted by Gasteiger charge is -2.09. The normalized spacial score (nSPS) is 19.6. The van der Waals surface area contributed by atoms with Gasteiger partial charge < -0.3 is 4.42 Å². The summed E-state index contributed by atoms with van der Waals surface area (Å²) in [6.45, 7) is 3.98. The molecule has 0 aromatic carbocycles. The highest BCUT2D eigenvalue weighted by Gasteiger charge is 2.34. The molecular weight excluding hydrogens is 254 g/mol. The fraction of sp³-hybridized carbons (Fsp3) is 0.636. The van der Waals surface area contributed by atoms with Crippen molar-refractivity contribution in [2.75, 3.05) is 11.4 Å².